The fraction of sp³-hybridized carbons (Fsp3) is 0.269. The summed E-state index contributed by atoms with van der Waals surface area (Å²) < 4.78 is 27.8. The van der Waals surface area contributed by atoms with E-state index in [1.54, 1.807) is 12.1 Å². The van der Waals surface area contributed by atoms with Crippen LogP contribution in [0.1, 0.15) is 28.8 Å². The van der Waals surface area contributed by atoms with Crippen molar-refractivity contribution in [2.75, 3.05) is 36.4 Å². The van der Waals surface area contributed by atoms with E-state index in [2.05, 4.69) is 27.3 Å². The number of hydrogen-bond acceptors (Lipinski definition) is 4. The first kappa shape index (κ1) is 24.0. The van der Waals surface area contributed by atoms with Crippen molar-refractivity contribution in [3.8, 4) is 5.75 Å². The number of benzene rings is 3. The van der Waals surface area contributed by atoms with Gasteiger partial charge in [0.2, 0.25) is 0 Å². The van der Waals surface area contributed by atoms with Gasteiger partial charge < -0.3 is 10.2 Å². The monoisotopic (exact) mass is 485 g/mol. The predicted molar refractivity (Wildman–Crippen MR) is 131 cm³/mol. The Bertz CT molecular complexity index is 1130. The minimum absolute atomic E-state index is 0.0817. The summed E-state index contributed by atoms with van der Waals surface area (Å²) in [7, 11) is 0. The van der Waals surface area contributed by atoms with Crippen LogP contribution in [0, 0.1) is 5.82 Å². The maximum absolute atomic E-state index is 15.1. The highest BCUT2D eigenvalue weighted by Crippen LogP contribution is 2.27. The lowest BCUT2D eigenvalue weighted by Crippen LogP contribution is -2.39. The maximum Gasteiger partial charge on any atom is 0.259 e. The van der Waals surface area contributed by atoms with Gasteiger partial charge in [-0.3, -0.25) is 14.6 Å². The van der Waals surface area contributed by atoms with Crippen molar-refractivity contribution in [2.45, 2.75) is 19.4 Å². The normalized spacial score (nSPS) is 14.9. The summed E-state index contributed by atoms with van der Waals surface area (Å²) in [6.45, 7) is 4.19. The van der Waals surface area contributed by atoms with Crippen LogP contribution >= 0.6 is 11.6 Å². The Balaban J connectivity index is 1.43. The SMILES string of the molecule is O=C(Nc1ccc(N2CCCCN(Cc3ccccc3)CC2)c(F)c1)c1cc(Cl)ccc1OF. The summed E-state index contributed by atoms with van der Waals surface area (Å²) in [6, 6.07) is 18.9. The third-order valence-electron chi connectivity index (χ3n) is 5.90. The highest BCUT2D eigenvalue weighted by Gasteiger charge is 2.19. The van der Waals surface area contributed by atoms with E-state index >= 15 is 4.39 Å². The largest absolute Gasteiger partial charge is 0.368 e. The highest BCUT2D eigenvalue weighted by atomic mass is 35.5. The van der Waals surface area contributed by atoms with E-state index in [0.29, 0.717) is 12.2 Å². The van der Waals surface area contributed by atoms with Crippen LogP contribution in [0.5, 0.6) is 5.75 Å². The van der Waals surface area contributed by atoms with E-state index in [4.69, 9.17) is 11.6 Å². The summed E-state index contributed by atoms with van der Waals surface area (Å²) >= 11 is 5.91. The van der Waals surface area contributed by atoms with E-state index in [1.807, 2.05) is 23.1 Å². The third kappa shape index (κ3) is 6.04. The van der Waals surface area contributed by atoms with Crippen molar-refractivity contribution in [2.24, 2.45) is 0 Å². The van der Waals surface area contributed by atoms with Crippen molar-refractivity contribution in [1.82, 2.24) is 4.90 Å². The second-order valence-electron chi connectivity index (χ2n) is 8.29. The molecule has 1 N–H and O–H groups in total. The summed E-state index contributed by atoms with van der Waals surface area (Å²) in [5, 5.41) is 2.83. The van der Waals surface area contributed by atoms with Crippen LogP contribution in [0.25, 0.3) is 0 Å². The number of hydrogen-bond donors (Lipinski definition) is 1. The molecule has 178 valence electrons. The Morgan fingerprint density at radius 1 is 0.971 bits per heavy atom. The van der Waals surface area contributed by atoms with Gasteiger partial charge in [-0.2, -0.15) is 0 Å². The number of carbonyl (C=O) groups is 1. The molecule has 34 heavy (non-hydrogen) atoms. The lowest BCUT2D eigenvalue weighted by atomic mass is 10.1. The minimum Gasteiger partial charge on any atom is -0.368 e. The van der Waals surface area contributed by atoms with Crippen LogP contribution in [0.4, 0.5) is 20.3 Å². The topological polar surface area (TPSA) is 44.8 Å². The van der Waals surface area contributed by atoms with Gasteiger partial charge in [0.1, 0.15) is 5.82 Å². The third-order valence-corrected chi connectivity index (χ3v) is 6.14. The quantitative estimate of drug-likeness (QED) is 0.458. The maximum atomic E-state index is 15.1. The molecular formula is C26H26ClF2N3O2. The van der Waals surface area contributed by atoms with Gasteiger partial charge >= 0.3 is 0 Å². The molecule has 0 spiro atoms. The Kier molecular flexibility index (Phi) is 7.98. The second kappa shape index (κ2) is 11.3. The molecule has 1 fully saturated rings. The highest BCUT2D eigenvalue weighted by molar-refractivity contribution is 6.31. The molecule has 3 aromatic rings. The molecule has 1 amide bonds. The fourth-order valence-electron chi connectivity index (χ4n) is 4.15. The summed E-state index contributed by atoms with van der Waals surface area (Å²) in [4.78, 5) is 20.7. The number of halogens is 3. The number of nitrogens with one attached hydrogen (secondary N) is 1. The molecule has 5 nitrogen and oxygen atoms in total. The molecule has 0 unspecified atom stereocenters. The number of amides is 1. The van der Waals surface area contributed by atoms with Gasteiger partial charge in [-0.25, -0.2) is 4.39 Å². The molecule has 8 heteroatoms. The molecule has 0 aliphatic carbocycles. The lowest BCUT2D eigenvalue weighted by molar-refractivity contribution is -0.00701. The molecule has 1 heterocycles. The van der Waals surface area contributed by atoms with Gasteiger partial charge in [0.15, 0.2) is 5.75 Å². The van der Waals surface area contributed by atoms with E-state index in [0.717, 1.165) is 39.0 Å². The van der Waals surface area contributed by atoms with Crippen molar-refractivity contribution >= 4 is 28.9 Å². The molecule has 4 rings (SSSR count). The number of nitrogens with zero attached hydrogens (tertiary/aromatic N) is 2. The summed E-state index contributed by atoms with van der Waals surface area (Å²) in [5.74, 6) is -1.34. The van der Waals surface area contributed by atoms with Crippen LogP contribution in [0.15, 0.2) is 66.7 Å². The average molecular weight is 486 g/mol. The minimum atomic E-state index is -0.648. The van der Waals surface area contributed by atoms with Crippen LogP contribution in [0.3, 0.4) is 0 Å². The zero-order valence-corrected chi connectivity index (χ0v) is 19.4. The van der Waals surface area contributed by atoms with Crippen LogP contribution in [-0.4, -0.2) is 37.0 Å². The van der Waals surface area contributed by atoms with E-state index in [9.17, 15) is 9.32 Å². The molecule has 0 saturated carbocycles. The number of anilines is 2. The van der Waals surface area contributed by atoms with Crippen LogP contribution < -0.4 is 15.2 Å². The molecule has 0 aromatic heterocycles. The van der Waals surface area contributed by atoms with E-state index in [-0.39, 0.29) is 22.0 Å². The summed E-state index contributed by atoms with van der Waals surface area (Å²) in [6.07, 6.45) is 2.00. The van der Waals surface area contributed by atoms with Crippen LogP contribution in [0.2, 0.25) is 5.02 Å². The Hall–Kier alpha value is -3.16. The molecule has 0 atom stereocenters. The average Bonchev–Trinajstić information content (AvgIpc) is 2.82. The molecule has 0 bridgehead atoms. The molecular weight excluding hydrogens is 460 g/mol. The van der Waals surface area contributed by atoms with Gasteiger partial charge in [-0.05, 0) is 61.3 Å². The standard InChI is InChI=1S/C26H26ClF2N3O2/c27-20-8-11-25(34-29)22(16-20)26(33)30-21-9-10-24(23(28)17-21)32-13-5-4-12-31(14-15-32)18-19-6-2-1-3-7-19/h1-3,6-11,16-17H,4-5,12-15,18H2,(H,30,33). The van der Waals surface area contributed by atoms with E-state index < -0.39 is 11.7 Å². The van der Waals surface area contributed by atoms with Gasteiger partial charge in [0, 0.05) is 41.4 Å². The summed E-state index contributed by atoms with van der Waals surface area (Å²) in [5.41, 5.74) is 1.94. The smallest absolute Gasteiger partial charge is 0.259 e. The van der Waals surface area contributed by atoms with Gasteiger partial charge in [0.25, 0.3) is 5.91 Å². The number of carbonyl (C=O) groups excluding carboxylic acids is 1. The molecule has 3 aromatic carbocycles. The fourth-order valence-corrected chi connectivity index (χ4v) is 4.32. The van der Waals surface area contributed by atoms with Crippen molar-refractivity contribution in [3.05, 3.63) is 88.7 Å². The molecule has 1 aliphatic heterocycles. The van der Waals surface area contributed by atoms with Crippen LogP contribution in [-0.2, 0) is 6.54 Å². The predicted octanol–water partition coefficient (Wildman–Crippen LogP) is 6.10. The van der Waals surface area contributed by atoms with Crippen molar-refractivity contribution in [3.63, 3.8) is 0 Å². The first-order valence-corrected chi connectivity index (χ1v) is 11.6. The first-order chi connectivity index (χ1) is 16.5. The molecule has 1 aliphatic rings. The molecule has 1 saturated heterocycles. The van der Waals surface area contributed by atoms with Gasteiger partial charge in [0.05, 0.1) is 11.3 Å². The second-order valence-corrected chi connectivity index (χ2v) is 8.73. The Morgan fingerprint density at radius 2 is 1.76 bits per heavy atom. The Labute approximate surface area is 202 Å². The molecule has 0 radical (unpaired) electrons. The van der Waals surface area contributed by atoms with Crippen molar-refractivity contribution in [1.29, 1.82) is 0 Å². The first-order valence-electron chi connectivity index (χ1n) is 11.2. The zero-order chi connectivity index (χ0) is 23.9. The van der Waals surface area contributed by atoms with Gasteiger partial charge in [-0.1, -0.05) is 41.9 Å². The van der Waals surface area contributed by atoms with Gasteiger partial charge in [-0.15, -0.1) is 0 Å². The zero-order valence-electron chi connectivity index (χ0n) is 18.6. The Morgan fingerprint density at radius 3 is 2.53 bits per heavy atom. The lowest BCUT2D eigenvalue weighted by Gasteiger charge is -2.32. The van der Waals surface area contributed by atoms with Crippen molar-refractivity contribution < 1.29 is 18.7 Å². The van der Waals surface area contributed by atoms with E-state index in [1.165, 1.54) is 29.8 Å². The number of rotatable bonds is 6.